The summed E-state index contributed by atoms with van der Waals surface area (Å²) in [7, 11) is 0. The zero-order valence-electron chi connectivity index (χ0n) is 28.5. The molecule has 0 spiro atoms. The van der Waals surface area contributed by atoms with Crippen molar-refractivity contribution < 1.29 is 18.0 Å². The van der Waals surface area contributed by atoms with Gasteiger partial charge in [0.2, 0.25) is 0 Å². The van der Waals surface area contributed by atoms with Gasteiger partial charge in [0.15, 0.2) is 0 Å². The molecule has 2 unspecified atom stereocenters. The van der Waals surface area contributed by atoms with Crippen LogP contribution < -0.4 is 0 Å². The average Bonchev–Trinajstić information content (AvgIpc) is 3.62. The number of fused-ring (bicyclic) bond motifs is 2. The zero-order chi connectivity index (χ0) is 31.7. The van der Waals surface area contributed by atoms with Crippen LogP contribution in [0.5, 0.6) is 0 Å². The molecule has 226 valence electrons. The molecule has 2 aliphatic carbocycles. The van der Waals surface area contributed by atoms with Gasteiger partial charge in [0.05, 0.1) is 0 Å². The molecule has 0 nitrogen and oxygen atoms in total. The fourth-order valence-corrected chi connectivity index (χ4v) is 27.3. The van der Waals surface area contributed by atoms with Gasteiger partial charge in [0, 0.05) is 0 Å². The molecule has 0 N–H and O–H groups in total. The summed E-state index contributed by atoms with van der Waals surface area (Å²) >= 11 is -3.90. The Labute approximate surface area is 267 Å². The van der Waals surface area contributed by atoms with Crippen molar-refractivity contribution in [3.8, 4) is 22.3 Å². The van der Waals surface area contributed by atoms with Gasteiger partial charge in [-0.2, -0.15) is 0 Å². The SMILES string of the molecule is C[C](C)=[Hf]([CH3])([CH3])([CH]1C=Cc2c(-c3ccc(C(C)(C)C)cc3)cccc21)[CH]1C=Cc2c(-c3ccc(C(C)(C)C)cc3)cccc21. The predicted octanol–water partition coefficient (Wildman–Crippen LogP) is 12.4. The van der Waals surface area contributed by atoms with Gasteiger partial charge in [-0.25, -0.2) is 0 Å². The van der Waals surface area contributed by atoms with Crippen molar-refractivity contribution in [1.29, 1.82) is 0 Å². The van der Waals surface area contributed by atoms with E-state index in [1.54, 1.807) is 3.26 Å². The van der Waals surface area contributed by atoms with E-state index in [0.29, 0.717) is 7.35 Å². The van der Waals surface area contributed by atoms with Crippen LogP contribution in [0.2, 0.25) is 9.36 Å². The Kier molecular flexibility index (Phi) is 7.48. The summed E-state index contributed by atoms with van der Waals surface area (Å²) in [5.41, 5.74) is 14.3. The molecule has 6 rings (SSSR count). The van der Waals surface area contributed by atoms with E-state index < -0.39 is 18.0 Å². The third-order valence-corrected chi connectivity index (χ3v) is 40.2. The fraction of sp³-hybridized carbons (Fsp3) is 0.326. The first-order valence-corrected chi connectivity index (χ1v) is 29.6. The summed E-state index contributed by atoms with van der Waals surface area (Å²) < 4.78 is 8.08. The fourth-order valence-electron chi connectivity index (χ4n) is 7.84. The molecule has 2 aliphatic rings. The summed E-state index contributed by atoms with van der Waals surface area (Å²) in [5, 5.41) is 0. The van der Waals surface area contributed by atoms with Crippen LogP contribution in [0.25, 0.3) is 34.4 Å². The van der Waals surface area contributed by atoms with Crippen molar-refractivity contribution in [3.63, 3.8) is 0 Å². The normalized spacial score (nSPS) is 18.0. The van der Waals surface area contributed by atoms with E-state index in [9.17, 15) is 0 Å². The first kappa shape index (κ1) is 31.1. The molecule has 0 saturated carbocycles. The second kappa shape index (κ2) is 10.6. The van der Waals surface area contributed by atoms with Crippen molar-refractivity contribution in [2.24, 2.45) is 0 Å². The molecule has 0 heterocycles. The molecular formula is C43H50Hf. The molecule has 0 saturated heterocycles. The molecule has 4 aromatic rings. The maximum absolute atomic E-state index is 3.90. The van der Waals surface area contributed by atoms with Gasteiger partial charge in [-0.1, -0.05) is 0 Å². The van der Waals surface area contributed by atoms with E-state index in [1.807, 2.05) is 0 Å². The van der Waals surface area contributed by atoms with E-state index in [4.69, 9.17) is 0 Å². The number of hydrogen-bond acceptors (Lipinski definition) is 0. The summed E-state index contributed by atoms with van der Waals surface area (Å²) in [4.78, 5) is 0. The van der Waals surface area contributed by atoms with Gasteiger partial charge in [0.1, 0.15) is 0 Å². The van der Waals surface area contributed by atoms with Gasteiger partial charge in [-0.3, -0.25) is 0 Å². The van der Waals surface area contributed by atoms with Gasteiger partial charge in [-0.05, 0) is 0 Å². The molecule has 4 aromatic carbocycles. The van der Waals surface area contributed by atoms with Gasteiger partial charge in [-0.15, -0.1) is 0 Å². The molecule has 1 heteroatoms. The second-order valence-corrected chi connectivity index (χ2v) is 43.4. The quantitative estimate of drug-likeness (QED) is 0.183. The number of benzene rings is 4. The summed E-state index contributed by atoms with van der Waals surface area (Å²) in [6.45, 7) is 18.6. The molecular weight excluding hydrogens is 695 g/mol. The summed E-state index contributed by atoms with van der Waals surface area (Å²) in [6, 6.07) is 32.6. The molecule has 2 atom stereocenters. The molecule has 0 bridgehead atoms. The van der Waals surface area contributed by atoms with Crippen LogP contribution in [0, 0.1) is 0 Å². The topological polar surface area (TPSA) is 0 Å². The van der Waals surface area contributed by atoms with Crippen LogP contribution in [0.3, 0.4) is 0 Å². The van der Waals surface area contributed by atoms with Crippen LogP contribution in [0.1, 0.15) is 96.1 Å². The molecule has 44 heavy (non-hydrogen) atoms. The zero-order valence-corrected chi connectivity index (χ0v) is 32.1. The minimum atomic E-state index is -3.90. The maximum atomic E-state index is 2.73. The van der Waals surface area contributed by atoms with Crippen LogP contribution in [-0.4, -0.2) is 3.26 Å². The van der Waals surface area contributed by atoms with Gasteiger partial charge in [0.25, 0.3) is 0 Å². The number of allylic oxidation sites excluding steroid dienone is 2. The second-order valence-electron chi connectivity index (χ2n) is 16.6. The van der Waals surface area contributed by atoms with Gasteiger partial charge < -0.3 is 0 Å². The molecule has 0 fully saturated rings. The Balaban J connectivity index is 1.43. The Hall–Kier alpha value is -2.90. The van der Waals surface area contributed by atoms with E-state index in [-0.39, 0.29) is 10.8 Å². The Morgan fingerprint density at radius 3 is 1.20 bits per heavy atom. The Morgan fingerprint density at radius 1 is 0.523 bits per heavy atom. The standard InChI is InChI=1S/2C19H19.C3H6.2CH3.Hf/c2*1-19(2,3)16-12-10-15(11-13-16)18-9-5-7-14-6-4-8-17(14)18;1-3-2;;;/h2*4-13H,1-3H3;1-2H3;2*1H3;. The molecule has 0 aromatic heterocycles. The molecule has 0 amide bonds. The number of hydrogen-bond donors (Lipinski definition) is 0. The van der Waals surface area contributed by atoms with E-state index >= 15 is 0 Å². The minimum absolute atomic E-state index is 0.155. The average molecular weight is 745 g/mol. The third-order valence-electron chi connectivity index (χ3n) is 11.5. The van der Waals surface area contributed by atoms with Crippen LogP contribution in [0.4, 0.5) is 0 Å². The number of rotatable bonds is 4. The Bertz CT molecular complexity index is 1740. The first-order chi connectivity index (χ1) is 20.6. The predicted molar refractivity (Wildman–Crippen MR) is 193 cm³/mol. The van der Waals surface area contributed by atoms with Crippen molar-refractivity contribution >= 4 is 15.4 Å². The molecule has 0 radical (unpaired) electrons. The summed E-state index contributed by atoms with van der Waals surface area (Å²) in [5.74, 6) is 0. The van der Waals surface area contributed by atoms with Crippen LogP contribution in [-0.2, 0) is 28.8 Å². The van der Waals surface area contributed by atoms with E-state index in [1.165, 1.54) is 55.6 Å². The monoisotopic (exact) mass is 746 g/mol. The molecule has 0 aliphatic heterocycles. The van der Waals surface area contributed by atoms with Crippen LogP contribution >= 0.6 is 0 Å². The first-order valence-electron chi connectivity index (χ1n) is 16.4. The summed E-state index contributed by atoms with van der Waals surface area (Å²) in [6.07, 6.45) is 10.1. The van der Waals surface area contributed by atoms with Crippen LogP contribution in [0.15, 0.2) is 97.1 Å². The third kappa shape index (κ3) is 4.95. The van der Waals surface area contributed by atoms with Gasteiger partial charge >= 0.3 is 269 Å². The van der Waals surface area contributed by atoms with E-state index in [0.717, 1.165) is 0 Å². The van der Waals surface area contributed by atoms with Crippen molar-refractivity contribution in [3.05, 3.63) is 130 Å². The van der Waals surface area contributed by atoms with Crippen molar-refractivity contribution in [2.45, 2.75) is 82.9 Å². The Morgan fingerprint density at radius 2 is 0.886 bits per heavy atom. The van der Waals surface area contributed by atoms with E-state index in [2.05, 4.69) is 174 Å². The van der Waals surface area contributed by atoms with Crippen molar-refractivity contribution in [2.75, 3.05) is 0 Å². The van der Waals surface area contributed by atoms with Crippen molar-refractivity contribution in [1.82, 2.24) is 0 Å².